The fourth-order valence-corrected chi connectivity index (χ4v) is 3.13. The van der Waals surface area contributed by atoms with E-state index in [2.05, 4.69) is 0 Å². The van der Waals surface area contributed by atoms with Crippen molar-refractivity contribution in [3.05, 3.63) is 35.6 Å². The van der Waals surface area contributed by atoms with Gasteiger partial charge in [0.1, 0.15) is 11.4 Å². The Hall–Kier alpha value is -1.62. The van der Waals surface area contributed by atoms with Crippen molar-refractivity contribution in [1.82, 2.24) is 4.90 Å². The van der Waals surface area contributed by atoms with E-state index in [1.165, 1.54) is 6.07 Å². The number of nitrogens with zero attached hydrogens (tertiary/aromatic N) is 1. The van der Waals surface area contributed by atoms with Gasteiger partial charge in [-0.1, -0.05) is 12.1 Å². The number of likely N-dealkylation sites (tertiary alicyclic amines) is 1. The monoisotopic (exact) mass is 322 g/mol. The molecule has 1 aromatic rings. The molecule has 128 valence electrons. The maximum absolute atomic E-state index is 13.6. The standard InChI is InChI=1S/C18H27FN2O2/c1-17(2,3)23-16(22)21-10-5-8-18(13-20,9-11-21)14-6-4-7-15(19)12-14/h4,6-7,12H,5,8-11,13,20H2,1-3H3. The number of benzene rings is 1. The highest BCUT2D eigenvalue weighted by atomic mass is 19.1. The van der Waals surface area contributed by atoms with Crippen LogP contribution in [0.3, 0.4) is 0 Å². The SMILES string of the molecule is CC(C)(C)OC(=O)N1CCCC(CN)(c2cccc(F)c2)CC1. The van der Waals surface area contributed by atoms with Crippen molar-refractivity contribution < 1.29 is 13.9 Å². The predicted octanol–water partition coefficient (Wildman–Crippen LogP) is 3.44. The second kappa shape index (κ2) is 6.87. The van der Waals surface area contributed by atoms with E-state index in [4.69, 9.17) is 10.5 Å². The van der Waals surface area contributed by atoms with E-state index >= 15 is 0 Å². The van der Waals surface area contributed by atoms with Gasteiger partial charge in [0, 0.05) is 25.0 Å². The van der Waals surface area contributed by atoms with Gasteiger partial charge in [-0.25, -0.2) is 9.18 Å². The van der Waals surface area contributed by atoms with E-state index < -0.39 is 5.60 Å². The maximum Gasteiger partial charge on any atom is 0.410 e. The average Bonchev–Trinajstić information content (AvgIpc) is 2.69. The van der Waals surface area contributed by atoms with Crippen LogP contribution in [0.2, 0.25) is 0 Å². The fraction of sp³-hybridized carbons (Fsp3) is 0.611. The molecule has 1 aromatic carbocycles. The molecule has 1 fully saturated rings. The molecule has 1 unspecified atom stereocenters. The van der Waals surface area contributed by atoms with Crippen molar-refractivity contribution in [1.29, 1.82) is 0 Å². The summed E-state index contributed by atoms with van der Waals surface area (Å²) in [5.74, 6) is -0.247. The smallest absolute Gasteiger partial charge is 0.410 e. The summed E-state index contributed by atoms with van der Waals surface area (Å²) >= 11 is 0. The van der Waals surface area contributed by atoms with Gasteiger partial charge in [0.25, 0.3) is 0 Å². The van der Waals surface area contributed by atoms with Crippen LogP contribution in [0.25, 0.3) is 0 Å². The Kier molecular flexibility index (Phi) is 5.30. The molecule has 4 nitrogen and oxygen atoms in total. The van der Waals surface area contributed by atoms with E-state index in [1.807, 2.05) is 26.8 Å². The third kappa shape index (κ3) is 4.44. The zero-order valence-corrected chi connectivity index (χ0v) is 14.3. The summed E-state index contributed by atoms with van der Waals surface area (Å²) in [6.07, 6.45) is 2.09. The number of amides is 1. The lowest BCUT2D eigenvalue weighted by molar-refractivity contribution is 0.0254. The fourth-order valence-electron chi connectivity index (χ4n) is 3.13. The van der Waals surface area contributed by atoms with Gasteiger partial charge in [-0.2, -0.15) is 0 Å². The third-order valence-corrected chi connectivity index (χ3v) is 4.42. The van der Waals surface area contributed by atoms with Crippen LogP contribution in [0.1, 0.15) is 45.6 Å². The Bertz CT molecular complexity index is 556. The number of ether oxygens (including phenoxy) is 1. The van der Waals surface area contributed by atoms with Gasteiger partial charge in [-0.3, -0.25) is 0 Å². The summed E-state index contributed by atoms with van der Waals surface area (Å²) in [6, 6.07) is 6.66. The topological polar surface area (TPSA) is 55.6 Å². The predicted molar refractivity (Wildman–Crippen MR) is 88.8 cm³/mol. The second-order valence-electron chi connectivity index (χ2n) is 7.32. The zero-order valence-electron chi connectivity index (χ0n) is 14.3. The van der Waals surface area contributed by atoms with Gasteiger partial charge in [0.05, 0.1) is 0 Å². The molecule has 1 atom stereocenters. The molecular weight excluding hydrogens is 295 g/mol. The van der Waals surface area contributed by atoms with Crippen molar-refractivity contribution in [2.24, 2.45) is 5.73 Å². The Labute approximate surface area is 137 Å². The minimum Gasteiger partial charge on any atom is -0.444 e. The number of hydrogen-bond acceptors (Lipinski definition) is 3. The number of halogens is 1. The molecule has 5 heteroatoms. The molecule has 0 radical (unpaired) electrons. The van der Waals surface area contributed by atoms with Crippen LogP contribution in [-0.4, -0.2) is 36.2 Å². The molecule has 2 rings (SSSR count). The number of carbonyl (C=O) groups excluding carboxylic acids is 1. The molecule has 1 heterocycles. The van der Waals surface area contributed by atoms with Crippen LogP contribution in [-0.2, 0) is 10.2 Å². The first kappa shape index (κ1) is 17.7. The van der Waals surface area contributed by atoms with Gasteiger partial charge in [0.15, 0.2) is 0 Å². The normalized spacial score (nSPS) is 22.6. The molecule has 1 saturated heterocycles. The molecule has 0 saturated carbocycles. The molecule has 1 aliphatic heterocycles. The van der Waals surface area contributed by atoms with Gasteiger partial charge in [-0.15, -0.1) is 0 Å². The lowest BCUT2D eigenvalue weighted by Gasteiger charge is -2.32. The maximum atomic E-state index is 13.6. The van der Waals surface area contributed by atoms with E-state index in [-0.39, 0.29) is 17.3 Å². The minimum atomic E-state index is -0.503. The van der Waals surface area contributed by atoms with Crippen LogP contribution >= 0.6 is 0 Å². The highest BCUT2D eigenvalue weighted by molar-refractivity contribution is 5.68. The van der Waals surface area contributed by atoms with Gasteiger partial charge in [-0.05, 0) is 57.7 Å². The largest absolute Gasteiger partial charge is 0.444 e. The molecule has 0 aliphatic carbocycles. The Balaban J connectivity index is 2.14. The Morgan fingerprint density at radius 3 is 2.70 bits per heavy atom. The molecule has 0 bridgehead atoms. The van der Waals surface area contributed by atoms with Crippen molar-refractivity contribution >= 4 is 6.09 Å². The van der Waals surface area contributed by atoms with E-state index in [9.17, 15) is 9.18 Å². The number of hydrogen-bond donors (Lipinski definition) is 1. The summed E-state index contributed by atoms with van der Waals surface area (Å²) < 4.78 is 19.1. The van der Waals surface area contributed by atoms with E-state index in [1.54, 1.807) is 17.0 Å². The van der Waals surface area contributed by atoms with E-state index in [0.717, 1.165) is 18.4 Å². The first-order valence-electron chi connectivity index (χ1n) is 8.20. The van der Waals surface area contributed by atoms with Gasteiger partial charge < -0.3 is 15.4 Å². The minimum absolute atomic E-state index is 0.247. The highest BCUT2D eigenvalue weighted by Gasteiger charge is 2.35. The lowest BCUT2D eigenvalue weighted by Crippen LogP contribution is -2.39. The number of carbonyl (C=O) groups is 1. The number of rotatable bonds is 2. The zero-order chi connectivity index (χ0) is 17.1. The van der Waals surface area contributed by atoms with Crippen LogP contribution < -0.4 is 5.73 Å². The first-order chi connectivity index (χ1) is 10.8. The molecular formula is C18H27FN2O2. The van der Waals surface area contributed by atoms with E-state index in [0.29, 0.717) is 26.1 Å². The summed E-state index contributed by atoms with van der Waals surface area (Å²) in [4.78, 5) is 14.0. The van der Waals surface area contributed by atoms with Crippen molar-refractivity contribution in [2.75, 3.05) is 19.6 Å². The van der Waals surface area contributed by atoms with Crippen LogP contribution in [0, 0.1) is 5.82 Å². The average molecular weight is 322 g/mol. The third-order valence-electron chi connectivity index (χ3n) is 4.42. The van der Waals surface area contributed by atoms with Crippen molar-refractivity contribution in [3.63, 3.8) is 0 Å². The van der Waals surface area contributed by atoms with Gasteiger partial charge in [0.2, 0.25) is 0 Å². The number of nitrogens with two attached hydrogens (primary N) is 1. The summed E-state index contributed by atoms with van der Waals surface area (Å²) in [7, 11) is 0. The quantitative estimate of drug-likeness (QED) is 0.907. The molecule has 2 N–H and O–H groups in total. The van der Waals surface area contributed by atoms with Crippen molar-refractivity contribution in [2.45, 2.75) is 51.0 Å². The molecule has 23 heavy (non-hydrogen) atoms. The summed E-state index contributed by atoms with van der Waals surface area (Å²) in [6.45, 7) is 7.24. The molecule has 1 amide bonds. The summed E-state index contributed by atoms with van der Waals surface area (Å²) in [5.41, 5.74) is 6.20. The van der Waals surface area contributed by atoms with Crippen molar-refractivity contribution in [3.8, 4) is 0 Å². The summed E-state index contributed by atoms with van der Waals surface area (Å²) in [5, 5.41) is 0. The van der Waals surface area contributed by atoms with Gasteiger partial charge >= 0.3 is 6.09 Å². The lowest BCUT2D eigenvalue weighted by atomic mass is 9.74. The molecule has 0 spiro atoms. The van der Waals surface area contributed by atoms with Crippen LogP contribution in [0.15, 0.2) is 24.3 Å². The second-order valence-corrected chi connectivity index (χ2v) is 7.32. The van der Waals surface area contributed by atoms with Crippen LogP contribution in [0.5, 0.6) is 0 Å². The Morgan fingerprint density at radius 2 is 2.09 bits per heavy atom. The molecule has 1 aliphatic rings. The first-order valence-corrected chi connectivity index (χ1v) is 8.20. The Morgan fingerprint density at radius 1 is 1.35 bits per heavy atom. The highest BCUT2D eigenvalue weighted by Crippen LogP contribution is 2.35. The van der Waals surface area contributed by atoms with Crippen LogP contribution in [0.4, 0.5) is 9.18 Å². The molecule has 0 aromatic heterocycles.